The van der Waals surface area contributed by atoms with E-state index in [1.165, 1.54) is 0 Å². The Hall–Kier alpha value is -2.67. The second kappa shape index (κ2) is 7.87. The van der Waals surface area contributed by atoms with Gasteiger partial charge in [0, 0.05) is 0 Å². The largest absolute Gasteiger partial charge is 0.508 e. The first-order valence-corrected chi connectivity index (χ1v) is 10.9. The van der Waals surface area contributed by atoms with Crippen LogP contribution in [0, 0.1) is 13.8 Å². The number of phenolic OH excluding ortho intramolecular Hbond substituents is 1. The topological polar surface area (TPSA) is 84.9 Å². The summed E-state index contributed by atoms with van der Waals surface area (Å²) in [5.74, 6) is 1.66. The SMILES string of the molecule is Cc1c(O)cc2c(c1C)OC(C)(COc1ccc(CC3SC(=O)NC3=O)cc1)CC2. The van der Waals surface area contributed by atoms with Crippen LogP contribution >= 0.6 is 11.8 Å². The molecule has 0 saturated carbocycles. The summed E-state index contributed by atoms with van der Waals surface area (Å²) < 4.78 is 12.3. The Balaban J connectivity index is 1.38. The minimum Gasteiger partial charge on any atom is -0.508 e. The van der Waals surface area contributed by atoms with Crippen molar-refractivity contribution in [1.82, 2.24) is 5.32 Å². The van der Waals surface area contributed by atoms with Crippen LogP contribution in [0.3, 0.4) is 0 Å². The lowest BCUT2D eigenvalue weighted by Crippen LogP contribution is -2.42. The predicted molar refractivity (Wildman–Crippen MR) is 115 cm³/mol. The van der Waals surface area contributed by atoms with Crippen LogP contribution in [-0.4, -0.2) is 33.7 Å². The van der Waals surface area contributed by atoms with Crippen molar-refractivity contribution in [2.75, 3.05) is 6.61 Å². The maximum atomic E-state index is 11.7. The first-order chi connectivity index (χ1) is 14.2. The molecular formula is C23H25NO5S. The van der Waals surface area contributed by atoms with Crippen LogP contribution in [0.4, 0.5) is 4.79 Å². The molecule has 0 radical (unpaired) electrons. The average molecular weight is 428 g/mol. The number of thioether (sulfide) groups is 1. The zero-order chi connectivity index (χ0) is 21.5. The molecule has 30 heavy (non-hydrogen) atoms. The molecule has 2 atom stereocenters. The summed E-state index contributed by atoms with van der Waals surface area (Å²) in [6.07, 6.45) is 2.12. The Bertz CT molecular complexity index is 1000. The highest BCUT2D eigenvalue weighted by Crippen LogP contribution is 2.40. The fourth-order valence-electron chi connectivity index (χ4n) is 3.77. The molecule has 2 N–H and O–H groups in total. The van der Waals surface area contributed by atoms with Crippen LogP contribution in [0.5, 0.6) is 17.2 Å². The first kappa shape index (κ1) is 20.6. The van der Waals surface area contributed by atoms with Gasteiger partial charge in [0.25, 0.3) is 5.24 Å². The zero-order valence-electron chi connectivity index (χ0n) is 17.3. The third-order valence-corrected chi connectivity index (χ3v) is 6.80. The number of nitrogens with one attached hydrogen (secondary N) is 1. The number of rotatable bonds is 5. The smallest absolute Gasteiger partial charge is 0.286 e. The first-order valence-electron chi connectivity index (χ1n) is 9.98. The van der Waals surface area contributed by atoms with Gasteiger partial charge in [-0.05, 0) is 80.5 Å². The van der Waals surface area contributed by atoms with Crippen LogP contribution < -0.4 is 14.8 Å². The lowest BCUT2D eigenvalue weighted by molar-refractivity contribution is -0.118. The lowest BCUT2D eigenvalue weighted by atomic mass is 9.90. The van der Waals surface area contributed by atoms with Crippen molar-refractivity contribution in [3.8, 4) is 17.2 Å². The summed E-state index contributed by atoms with van der Waals surface area (Å²) in [6, 6.07) is 9.39. The maximum absolute atomic E-state index is 11.7. The Labute approximate surface area is 180 Å². The monoisotopic (exact) mass is 427 g/mol. The van der Waals surface area contributed by atoms with E-state index in [1.54, 1.807) is 6.07 Å². The van der Waals surface area contributed by atoms with Gasteiger partial charge in [-0.1, -0.05) is 23.9 Å². The van der Waals surface area contributed by atoms with Gasteiger partial charge >= 0.3 is 0 Å². The number of hydrogen-bond acceptors (Lipinski definition) is 6. The van der Waals surface area contributed by atoms with E-state index in [4.69, 9.17) is 9.47 Å². The number of carbonyl (C=O) groups excluding carboxylic acids is 2. The molecular weight excluding hydrogens is 402 g/mol. The van der Waals surface area contributed by atoms with Crippen molar-refractivity contribution in [2.45, 2.75) is 50.9 Å². The van der Waals surface area contributed by atoms with Crippen molar-refractivity contribution >= 4 is 22.9 Å². The van der Waals surface area contributed by atoms with Crippen molar-refractivity contribution < 1.29 is 24.2 Å². The van der Waals surface area contributed by atoms with E-state index >= 15 is 0 Å². The number of fused-ring (bicyclic) bond motifs is 1. The molecule has 2 unspecified atom stereocenters. The number of hydrogen-bond donors (Lipinski definition) is 2. The van der Waals surface area contributed by atoms with Crippen LogP contribution in [0.15, 0.2) is 30.3 Å². The van der Waals surface area contributed by atoms with Gasteiger partial charge in [0.05, 0.1) is 5.25 Å². The van der Waals surface area contributed by atoms with Crippen LogP contribution in [0.1, 0.15) is 35.6 Å². The molecule has 6 nitrogen and oxygen atoms in total. The van der Waals surface area contributed by atoms with Crippen LogP contribution in [0.25, 0.3) is 0 Å². The van der Waals surface area contributed by atoms with E-state index in [0.29, 0.717) is 18.8 Å². The molecule has 2 amide bonds. The summed E-state index contributed by atoms with van der Waals surface area (Å²) in [4.78, 5) is 23.0. The van der Waals surface area contributed by atoms with E-state index < -0.39 is 5.60 Å². The third kappa shape index (κ3) is 4.12. The third-order valence-electron chi connectivity index (χ3n) is 5.82. The average Bonchev–Trinajstić information content (AvgIpc) is 3.03. The quantitative estimate of drug-likeness (QED) is 0.748. The van der Waals surface area contributed by atoms with E-state index in [1.807, 2.05) is 45.0 Å². The van der Waals surface area contributed by atoms with Crippen molar-refractivity contribution in [1.29, 1.82) is 0 Å². The molecule has 2 aliphatic heterocycles. The lowest BCUT2D eigenvalue weighted by Gasteiger charge is -2.36. The van der Waals surface area contributed by atoms with Crippen molar-refractivity contribution in [3.05, 3.63) is 52.6 Å². The summed E-state index contributed by atoms with van der Waals surface area (Å²) in [5.41, 5.74) is 3.35. The number of phenols is 1. The zero-order valence-corrected chi connectivity index (χ0v) is 18.1. The number of imide groups is 1. The van der Waals surface area contributed by atoms with E-state index in [2.05, 4.69) is 5.32 Å². The Morgan fingerprint density at radius 2 is 1.97 bits per heavy atom. The molecule has 1 fully saturated rings. The summed E-state index contributed by atoms with van der Waals surface area (Å²) >= 11 is 1.04. The number of aryl methyl sites for hydroxylation is 1. The van der Waals surface area contributed by atoms with Gasteiger partial charge < -0.3 is 14.6 Å². The van der Waals surface area contributed by atoms with Gasteiger partial charge in [0.15, 0.2) is 0 Å². The Morgan fingerprint density at radius 1 is 1.23 bits per heavy atom. The summed E-state index contributed by atoms with van der Waals surface area (Å²) in [7, 11) is 0. The van der Waals surface area contributed by atoms with E-state index in [0.717, 1.165) is 58.4 Å². The van der Waals surface area contributed by atoms with E-state index in [-0.39, 0.29) is 16.4 Å². The minimum atomic E-state index is -0.460. The van der Waals surface area contributed by atoms with Gasteiger partial charge in [0.2, 0.25) is 5.91 Å². The van der Waals surface area contributed by atoms with Gasteiger partial charge in [-0.3, -0.25) is 14.9 Å². The fourth-order valence-corrected chi connectivity index (χ4v) is 4.63. The summed E-state index contributed by atoms with van der Waals surface area (Å²) in [5, 5.41) is 11.7. The molecule has 2 aromatic carbocycles. The maximum Gasteiger partial charge on any atom is 0.286 e. The molecule has 1 saturated heterocycles. The van der Waals surface area contributed by atoms with Crippen molar-refractivity contribution in [2.24, 2.45) is 0 Å². The van der Waals surface area contributed by atoms with Gasteiger partial charge in [-0.15, -0.1) is 0 Å². The molecule has 0 spiro atoms. The molecule has 4 rings (SSSR count). The molecule has 2 aromatic rings. The highest BCUT2D eigenvalue weighted by molar-refractivity contribution is 8.15. The molecule has 0 aliphatic carbocycles. The summed E-state index contributed by atoms with van der Waals surface area (Å²) in [6.45, 7) is 6.30. The minimum absolute atomic E-state index is 0.230. The second-order valence-electron chi connectivity index (χ2n) is 8.21. The molecule has 0 bridgehead atoms. The number of benzene rings is 2. The molecule has 2 heterocycles. The van der Waals surface area contributed by atoms with Gasteiger partial charge in [0.1, 0.15) is 29.5 Å². The van der Waals surface area contributed by atoms with Crippen LogP contribution in [0.2, 0.25) is 0 Å². The number of amides is 2. The molecule has 158 valence electrons. The molecule has 0 aromatic heterocycles. The number of aromatic hydroxyl groups is 1. The van der Waals surface area contributed by atoms with Crippen LogP contribution in [-0.2, 0) is 17.6 Å². The Kier molecular flexibility index (Phi) is 5.40. The predicted octanol–water partition coefficient (Wildman–Crippen LogP) is 4.07. The van der Waals surface area contributed by atoms with Gasteiger partial charge in [-0.2, -0.15) is 0 Å². The fraction of sp³-hybridized carbons (Fsp3) is 0.391. The molecule has 7 heteroatoms. The standard InChI is InChI=1S/C23H25NO5S/c1-13-14(2)20-16(11-18(13)25)8-9-23(3,29-20)12-28-17-6-4-15(5-7-17)10-19-21(26)24-22(27)30-19/h4-7,11,19,25H,8-10,12H2,1-3H3,(H,24,26,27). The molecule has 2 aliphatic rings. The Morgan fingerprint density at radius 3 is 2.63 bits per heavy atom. The number of ether oxygens (including phenoxy) is 2. The van der Waals surface area contributed by atoms with Crippen molar-refractivity contribution in [3.63, 3.8) is 0 Å². The van der Waals surface area contributed by atoms with Gasteiger partial charge in [-0.25, -0.2) is 0 Å². The highest BCUT2D eigenvalue weighted by Gasteiger charge is 2.34. The number of carbonyl (C=O) groups is 2. The normalized spacial score (nSPS) is 23.0. The highest BCUT2D eigenvalue weighted by atomic mass is 32.2. The van der Waals surface area contributed by atoms with E-state index in [9.17, 15) is 14.7 Å². The second-order valence-corrected chi connectivity index (χ2v) is 9.38.